The normalized spacial score (nSPS) is 13.4. The highest BCUT2D eigenvalue weighted by atomic mass is 16.1. The van der Waals surface area contributed by atoms with Crippen LogP contribution in [0, 0.1) is 0 Å². The Balaban J connectivity index is 1.89. The Morgan fingerprint density at radius 3 is 2.55 bits per heavy atom. The van der Waals surface area contributed by atoms with Gasteiger partial charge in [-0.25, -0.2) is 0 Å². The first-order valence-corrected chi connectivity index (χ1v) is 7.48. The Bertz CT molecular complexity index is 1070. The number of benzene rings is 3. The molecule has 1 heterocycles. The molecule has 0 amide bonds. The Labute approximate surface area is 127 Å². The van der Waals surface area contributed by atoms with E-state index >= 15 is 0 Å². The first-order chi connectivity index (χ1) is 10.8. The molecule has 1 aliphatic carbocycles. The molecular weight excluding hydrogens is 270 g/mol. The first kappa shape index (κ1) is 11.8. The summed E-state index contributed by atoms with van der Waals surface area (Å²) in [5, 5.41) is 2.30. The minimum absolute atomic E-state index is 0.133. The maximum atomic E-state index is 13.0. The second-order valence-electron chi connectivity index (χ2n) is 5.86. The Kier molecular flexibility index (Phi) is 2.18. The molecule has 0 unspecified atom stereocenters. The average Bonchev–Trinajstić information content (AvgIpc) is 2.93. The number of hydrogen-bond acceptors (Lipinski definition) is 1. The third-order valence-electron chi connectivity index (χ3n) is 4.64. The molecule has 2 nitrogen and oxygen atoms in total. The van der Waals surface area contributed by atoms with Crippen LogP contribution in [0.5, 0.6) is 0 Å². The Morgan fingerprint density at radius 1 is 0.773 bits per heavy atom. The third kappa shape index (κ3) is 1.41. The largest absolute Gasteiger partial charge is 0.354 e. The maximum Gasteiger partial charge on any atom is 0.195 e. The van der Waals surface area contributed by atoms with Crippen molar-refractivity contribution in [3.63, 3.8) is 0 Å². The number of para-hydroxylation sites is 1. The van der Waals surface area contributed by atoms with E-state index in [-0.39, 0.29) is 5.78 Å². The van der Waals surface area contributed by atoms with Crippen molar-refractivity contribution in [3.05, 3.63) is 82.9 Å². The lowest BCUT2D eigenvalue weighted by atomic mass is 9.84. The molecule has 0 spiro atoms. The summed E-state index contributed by atoms with van der Waals surface area (Å²) in [6.07, 6.45) is 0.822. The average molecular weight is 283 g/mol. The van der Waals surface area contributed by atoms with E-state index in [0.717, 1.165) is 45.1 Å². The number of nitrogens with one attached hydrogen (secondary N) is 1. The fourth-order valence-corrected chi connectivity index (χ4v) is 3.60. The van der Waals surface area contributed by atoms with Gasteiger partial charge in [-0.1, -0.05) is 54.6 Å². The van der Waals surface area contributed by atoms with Crippen molar-refractivity contribution < 1.29 is 4.79 Å². The summed E-state index contributed by atoms with van der Waals surface area (Å²) >= 11 is 0. The van der Waals surface area contributed by atoms with Gasteiger partial charge in [0.1, 0.15) is 0 Å². The topological polar surface area (TPSA) is 32.9 Å². The Morgan fingerprint density at radius 2 is 1.59 bits per heavy atom. The molecule has 104 valence electrons. The van der Waals surface area contributed by atoms with E-state index in [0.29, 0.717) is 0 Å². The first-order valence-electron chi connectivity index (χ1n) is 7.48. The number of carbonyl (C=O) groups excluding carboxylic acids is 1. The molecule has 0 atom stereocenters. The van der Waals surface area contributed by atoms with Gasteiger partial charge in [0.15, 0.2) is 5.78 Å². The smallest absolute Gasteiger partial charge is 0.195 e. The summed E-state index contributed by atoms with van der Waals surface area (Å²) in [6.45, 7) is 0. The van der Waals surface area contributed by atoms with E-state index in [9.17, 15) is 4.79 Å². The van der Waals surface area contributed by atoms with Crippen molar-refractivity contribution in [1.29, 1.82) is 0 Å². The second-order valence-corrected chi connectivity index (χ2v) is 5.86. The van der Waals surface area contributed by atoms with Crippen molar-refractivity contribution >= 4 is 27.6 Å². The van der Waals surface area contributed by atoms with Gasteiger partial charge < -0.3 is 4.98 Å². The molecule has 3 aromatic carbocycles. The van der Waals surface area contributed by atoms with Gasteiger partial charge in [-0.3, -0.25) is 4.79 Å². The predicted molar refractivity (Wildman–Crippen MR) is 88.5 cm³/mol. The van der Waals surface area contributed by atoms with Crippen LogP contribution in [-0.2, 0) is 6.42 Å². The molecule has 5 rings (SSSR count). The summed E-state index contributed by atoms with van der Waals surface area (Å²) in [5.41, 5.74) is 5.96. The van der Waals surface area contributed by atoms with Crippen LogP contribution in [0.25, 0.3) is 21.8 Å². The molecule has 0 fully saturated rings. The molecule has 1 aromatic heterocycles. The van der Waals surface area contributed by atoms with E-state index in [2.05, 4.69) is 29.2 Å². The van der Waals surface area contributed by atoms with Crippen molar-refractivity contribution in [2.75, 3.05) is 0 Å². The molecule has 1 N–H and O–H groups in total. The van der Waals surface area contributed by atoms with Crippen LogP contribution < -0.4 is 0 Å². The number of rotatable bonds is 0. The lowest BCUT2D eigenvalue weighted by Crippen LogP contribution is -2.15. The van der Waals surface area contributed by atoms with E-state index in [4.69, 9.17) is 0 Å². The van der Waals surface area contributed by atoms with Crippen LogP contribution in [0.4, 0.5) is 0 Å². The lowest BCUT2D eigenvalue weighted by Gasteiger charge is -2.18. The van der Waals surface area contributed by atoms with Crippen molar-refractivity contribution in [3.8, 4) is 0 Å². The SMILES string of the molecule is O=C1c2ccccc2Cc2ccc3c([nH]c4ccccc43)c21. The van der Waals surface area contributed by atoms with Gasteiger partial charge >= 0.3 is 0 Å². The van der Waals surface area contributed by atoms with Gasteiger partial charge in [0.2, 0.25) is 0 Å². The van der Waals surface area contributed by atoms with Crippen LogP contribution in [0.1, 0.15) is 27.0 Å². The maximum absolute atomic E-state index is 13.0. The van der Waals surface area contributed by atoms with Gasteiger partial charge in [-0.2, -0.15) is 0 Å². The summed E-state index contributed by atoms with van der Waals surface area (Å²) < 4.78 is 0. The standard InChI is InChI=1S/C20H13NO/c22-20-14-6-2-1-5-12(14)11-13-9-10-16-15-7-3-4-8-17(15)21-19(16)18(13)20/h1-10,21H,11H2. The van der Waals surface area contributed by atoms with E-state index in [1.54, 1.807) is 0 Å². The van der Waals surface area contributed by atoms with Crippen LogP contribution >= 0.6 is 0 Å². The quantitative estimate of drug-likeness (QED) is 0.447. The Hall–Kier alpha value is -2.87. The van der Waals surface area contributed by atoms with E-state index in [1.807, 2.05) is 36.4 Å². The number of aromatic nitrogens is 1. The molecule has 0 saturated heterocycles. The number of ketones is 1. The van der Waals surface area contributed by atoms with Crippen molar-refractivity contribution in [2.24, 2.45) is 0 Å². The molecule has 1 aliphatic rings. The summed E-state index contributed by atoms with van der Waals surface area (Å²) in [5.74, 6) is 0.133. The highest BCUT2D eigenvalue weighted by molar-refractivity contribution is 6.22. The zero-order valence-corrected chi connectivity index (χ0v) is 11.9. The second kappa shape index (κ2) is 4.08. The molecule has 0 aliphatic heterocycles. The lowest BCUT2D eigenvalue weighted by molar-refractivity contribution is 0.103. The zero-order chi connectivity index (χ0) is 14.7. The fraction of sp³-hybridized carbons (Fsp3) is 0.0500. The highest BCUT2D eigenvalue weighted by Gasteiger charge is 2.25. The number of H-pyrrole nitrogens is 1. The number of aromatic amines is 1. The van der Waals surface area contributed by atoms with Gasteiger partial charge in [-0.15, -0.1) is 0 Å². The minimum atomic E-state index is 0.133. The summed E-state index contributed by atoms with van der Waals surface area (Å²) in [6, 6.07) is 20.4. The number of hydrogen-bond donors (Lipinski definition) is 1. The monoisotopic (exact) mass is 283 g/mol. The van der Waals surface area contributed by atoms with E-state index in [1.165, 1.54) is 5.39 Å². The van der Waals surface area contributed by atoms with Crippen LogP contribution in [-0.4, -0.2) is 10.8 Å². The summed E-state index contributed by atoms with van der Waals surface area (Å²) in [7, 11) is 0. The molecule has 2 heteroatoms. The van der Waals surface area contributed by atoms with Crippen LogP contribution in [0.15, 0.2) is 60.7 Å². The van der Waals surface area contributed by atoms with Gasteiger partial charge in [0, 0.05) is 21.9 Å². The van der Waals surface area contributed by atoms with Crippen LogP contribution in [0.2, 0.25) is 0 Å². The molecule has 0 radical (unpaired) electrons. The van der Waals surface area contributed by atoms with Crippen LogP contribution in [0.3, 0.4) is 0 Å². The van der Waals surface area contributed by atoms with Gasteiger partial charge in [-0.05, 0) is 23.6 Å². The molecule has 22 heavy (non-hydrogen) atoms. The predicted octanol–water partition coefficient (Wildman–Crippen LogP) is 4.46. The molecule has 4 aromatic rings. The number of carbonyl (C=O) groups is 1. The van der Waals surface area contributed by atoms with Gasteiger partial charge in [0.05, 0.1) is 11.1 Å². The molecule has 0 saturated carbocycles. The highest BCUT2D eigenvalue weighted by Crippen LogP contribution is 2.35. The van der Waals surface area contributed by atoms with Gasteiger partial charge in [0.25, 0.3) is 0 Å². The third-order valence-corrected chi connectivity index (χ3v) is 4.64. The van der Waals surface area contributed by atoms with E-state index < -0.39 is 0 Å². The fourth-order valence-electron chi connectivity index (χ4n) is 3.60. The summed E-state index contributed by atoms with van der Waals surface area (Å²) in [4.78, 5) is 16.4. The minimum Gasteiger partial charge on any atom is -0.354 e. The van der Waals surface area contributed by atoms with Crippen molar-refractivity contribution in [1.82, 2.24) is 4.98 Å². The zero-order valence-electron chi connectivity index (χ0n) is 11.9. The van der Waals surface area contributed by atoms with Crippen molar-refractivity contribution in [2.45, 2.75) is 6.42 Å². The molecule has 0 bridgehead atoms. The molecular formula is C20H13NO. The number of fused-ring (bicyclic) bond motifs is 6.